The van der Waals surface area contributed by atoms with Crippen LogP contribution in [0.2, 0.25) is 0 Å². The van der Waals surface area contributed by atoms with E-state index in [1.165, 1.54) is 87.4 Å². The summed E-state index contributed by atoms with van der Waals surface area (Å²) in [5, 5.41) is 3.98. The lowest BCUT2D eigenvalue weighted by Gasteiger charge is -2.47. The van der Waals surface area contributed by atoms with Crippen LogP contribution < -0.4 is 5.32 Å². The molecular formula is C23H36ClNO. The Morgan fingerprint density at radius 1 is 1.04 bits per heavy atom. The first-order valence-corrected chi connectivity index (χ1v) is 10.9. The van der Waals surface area contributed by atoms with Crippen molar-refractivity contribution in [3.63, 3.8) is 0 Å². The van der Waals surface area contributed by atoms with E-state index in [9.17, 15) is 0 Å². The largest absolute Gasteiger partial charge is 0.381 e. The number of benzene rings is 1. The molecule has 1 saturated carbocycles. The van der Waals surface area contributed by atoms with Gasteiger partial charge in [-0.1, -0.05) is 51.2 Å². The molecule has 1 aromatic carbocycles. The molecule has 1 saturated heterocycles. The normalized spacial score (nSPS) is 28.4. The first kappa shape index (κ1) is 20.0. The fourth-order valence-electron chi connectivity index (χ4n) is 5.45. The van der Waals surface area contributed by atoms with Crippen LogP contribution in [0.1, 0.15) is 88.4 Å². The number of nitrogens with one attached hydrogen (secondary N) is 1. The number of rotatable bonds is 5. The summed E-state index contributed by atoms with van der Waals surface area (Å²) in [6.07, 6.45) is 15.1. The zero-order valence-corrected chi connectivity index (χ0v) is 17.2. The molecule has 2 aliphatic heterocycles. The summed E-state index contributed by atoms with van der Waals surface area (Å²) in [7, 11) is 0. The number of fused-ring (bicyclic) bond motifs is 3. The Kier molecular flexibility index (Phi) is 7.28. The van der Waals surface area contributed by atoms with Gasteiger partial charge in [0.25, 0.3) is 0 Å². The third-order valence-corrected chi connectivity index (χ3v) is 6.80. The zero-order chi connectivity index (χ0) is 17.1. The summed E-state index contributed by atoms with van der Waals surface area (Å²) in [5.74, 6) is 1.52. The van der Waals surface area contributed by atoms with Gasteiger partial charge in [-0.2, -0.15) is 0 Å². The van der Waals surface area contributed by atoms with Gasteiger partial charge in [-0.3, -0.25) is 0 Å². The molecule has 0 radical (unpaired) electrons. The van der Waals surface area contributed by atoms with Crippen LogP contribution >= 0.6 is 12.4 Å². The SMILES string of the molecule is CCCCCc1ccc2c(c1)[C@H]1OCCC[C@H]1[C@@H](C1CCCCC1)N2.Cl. The Labute approximate surface area is 165 Å². The van der Waals surface area contributed by atoms with E-state index < -0.39 is 0 Å². The van der Waals surface area contributed by atoms with E-state index in [4.69, 9.17) is 4.74 Å². The van der Waals surface area contributed by atoms with E-state index >= 15 is 0 Å². The Hall–Kier alpha value is -0.730. The molecule has 0 spiro atoms. The predicted octanol–water partition coefficient (Wildman–Crippen LogP) is 6.68. The van der Waals surface area contributed by atoms with Gasteiger partial charge >= 0.3 is 0 Å². The summed E-state index contributed by atoms with van der Waals surface area (Å²) in [4.78, 5) is 0. The molecular weight excluding hydrogens is 342 g/mol. The third-order valence-electron chi connectivity index (χ3n) is 6.80. The van der Waals surface area contributed by atoms with E-state index in [1.807, 2.05) is 0 Å². The lowest BCUT2D eigenvalue weighted by molar-refractivity contribution is -0.0458. The minimum atomic E-state index is 0. The highest BCUT2D eigenvalue weighted by atomic mass is 35.5. The Balaban J connectivity index is 0.00000196. The van der Waals surface area contributed by atoms with Crippen molar-refractivity contribution in [2.45, 2.75) is 89.7 Å². The van der Waals surface area contributed by atoms with Crippen molar-refractivity contribution in [2.75, 3.05) is 11.9 Å². The molecule has 1 aliphatic carbocycles. The van der Waals surface area contributed by atoms with Gasteiger partial charge in [0.15, 0.2) is 0 Å². The van der Waals surface area contributed by atoms with Gasteiger partial charge in [0.2, 0.25) is 0 Å². The minimum Gasteiger partial charge on any atom is -0.381 e. The molecule has 0 amide bonds. The predicted molar refractivity (Wildman–Crippen MR) is 112 cm³/mol. The van der Waals surface area contributed by atoms with E-state index in [0.29, 0.717) is 18.1 Å². The average Bonchev–Trinajstić information content (AvgIpc) is 2.68. The number of anilines is 1. The molecule has 0 unspecified atom stereocenters. The number of hydrogen-bond acceptors (Lipinski definition) is 2. The second-order valence-corrected chi connectivity index (χ2v) is 8.54. The summed E-state index contributed by atoms with van der Waals surface area (Å²) < 4.78 is 6.37. The molecule has 0 bridgehead atoms. The van der Waals surface area contributed by atoms with Crippen molar-refractivity contribution in [2.24, 2.45) is 11.8 Å². The number of unbranched alkanes of at least 4 members (excludes halogenated alkanes) is 2. The highest BCUT2D eigenvalue weighted by Gasteiger charge is 2.42. The van der Waals surface area contributed by atoms with Gasteiger partial charge in [0.05, 0.1) is 6.10 Å². The van der Waals surface area contributed by atoms with Crippen LogP contribution in [0.25, 0.3) is 0 Å². The van der Waals surface area contributed by atoms with Crippen molar-refractivity contribution in [3.05, 3.63) is 29.3 Å². The van der Waals surface area contributed by atoms with Gasteiger partial charge in [0, 0.05) is 29.8 Å². The third kappa shape index (κ3) is 4.22. The van der Waals surface area contributed by atoms with E-state index in [2.05, 4.69) is 30.4 Å². The monoisotopic (exact) mass is 377 g/mol. The second kappa shape index (κ2) is 9.46. The van der Waals surface area contributed by atoms with E-state index in [-0.39, 0.29) is 12.4 Å². The molecule has 2 nitrogen and oxygen atoms in total. The summed E-state index contributed by atoms with van der Waals surface area (Å²) in [6, 6.07) is 7.78. The second-order valence-electron chi connectivity index (χ2n) is 8.54. The lowest BCUT2D eigenvalue weighted by atomic mass is 9.71. The van der Waals surface area contributed by atoms with Crippen molar-refractivity contribution in [1.82, 2.24) is 0 Å². The Morgan fingerprint density at radius 3 is 2.69 bits per heavy atom. The van der Waals surface area contributed by atoms with Gasteiger partial charge in [0.1, 0.15) is 0 Å². The molecule has 4 rings (SSSR count). The van der Waals surface area contributed by atoms with Gasteiger partial charge in [-0.05, 0) is 56.1 Å². The smallest absolute Gasteiger partial charge is 0.0892 e. The van der Waals surface area contributed by atoms with E-state index in [0.717, 1.165) is 12.5 Å². The highest BCUT2D eigenvalue weighted by Crippen LogP contribution is 2.47. The Bertz CT molecular complexity index is 569. The molecule has 3 atom stereocenters. The van der Waals surface area contributed by atoms with Crippen LogP contribution in [0, 0.1) is 11.8 Å². The van der Waals surface area contributed by atoms with Gasteiger partial charge < -0.3 is 10.1 Å². The number of ether oxygens (including phenoxy) is 1. The fourth-order valence-corrected chi connectivity index (χ4v) is 5.45. The van der Waals surface area contributed by atoms with E-state index in [1.54, 1.807) is 0 Å². The van der Waals surface area contributed by atoms with Gasteiger partial charge in [-0.15, -0.1) is 12.4 Å². The van der Waals surface area contributed by atoms with Crippen LogP contribution in [0.5, 0.6) is 0 Å². The Morgan fingerprint density at radius 2 is 1.88 bits per heavy atom. The number of aryl methyl sites for hydroxylation is 1. The zero-order valence-electron chi connectivity index (χ0n) is 16.3. The maximum absolute atomic E-state index is 6.37. The van der Waals surface area contributed by atoms with Crippen molar-refractivity contribution >= 4 is 18.1 Å². The van der Waals surface area contributed by atoms with Crippen molar-refractivity contribution < 1.29 is 4.74 Å². The maximum Gasteiger partial charge on any atom is 0.0892 e. The fraction of sp³-hybridized carbons (Fsp3) is 0.739. The van der Waals surface area contributed by atoms with Crippen molar-refractivity contribution in [1.29, 1.82) is 0 Å². The minimum absolute atomic E-state index is 0. The van der Waals surface area contributed by atoms with Gasteiger partial charge in [-0.25, -0.2) is 0 Å². The van der Waals surface area contributed by atoms with Crippen LogP contribution in [0.3, 0.4) is 0 Å². The topological polar surface area (TPSA) is 21.3 Å². The standard InChI is InChI=1S/C23H35NO.ClH/c1-2-3-5-9-17-13-14-21-20(16-17)23-19(12-8-15-25-23)22(24-21)18-10-6-4-7-11-18;/h13-14,16,18-19,22-24H,2-12,15H2,1H3;1H/t19-,22+,23-;/m0./s1. The molecule has 1 aromatic rings. The summed E-state index contributed by atoms with van der Waals surface area (Å²) in [6.45, 7) is 3.22. The van der Waals surface area contributed by atoms with Crippen LogP contribution in [-0.4, -0.2) is 12.6 Å². The number of hydrogen-bond donors (Lipinski definition) is 1. The molecule has 0 aromatic heterocycles. The molecule has 1 N–H and O–H groups in total. The van der Waals surface area contributed by atoms with Crippen LogP contribution in [0.4, 0.5) is 5.69 Å². The molecule has 2 fully saturated rings. The quantitative estimate of drug-likeness (QED) is 0.577. The van der Waals surface area contributed by atoms with Crippen LogP contribution in [0.15, 0.2) is 18.2 Å². The first-order chi connectivity index (χ1) is 12.4. The summed E-state index contributed by atoms with van der Waals surface area (Å²) >= 11 is 0. The molecule has 26 heavy (non-hydrogen) atoms. The first-order valence-electron chi connectivity index (χ1n) is 10.9. The molecule has 3 heteroatoms. The molecule has 146 valence electrons. The average molecular weight is 378 g/mol. The summed E-state index contributed by atoms with van der Waals surface area (Å²) in [5.41, 5.74) is 4.31. The van der Waals surface area contributed by atoms with Crippen LogP contribution in [-0.2, 0) is 11.2 Å². The van der Waals surface area contributed by atoms with Crippen molar-refractivity contribution in [3.8, 4) is 0 Å². The molecule has 2 heterocycles. The molecule has 3 aliphatic rings. The maximum atomic E-state index is 6.37. The lowest BCUT2D eigenvalue weighted by Crippen LogP contribution is -2.46. The highest BCUT2D eigenvalue weighted by molar-refractivity contribution is 5.85. The number of halogens is 1.